The zero-order valence-corrected chi connectivity index (χ0v) is 17.8. The van der Waals surface area contributed by atoms with Crippen molar-refractivity contribution in [1.29, 1.82) is 0 Å². The van der Waals surface area contributed by atoms with Gasteiger partial charge in [0.05, 0.1) is 17.9 Å². The molecule has 1 N–H and O–H groups in total. The van der Waals surface area contributed by atoms with Crippen LogP contribution in [0.25, 0.3) is 0 Å². The normalized spacial score (nSPS) is 23.3. The van der Waals surface area contributed by atoms with Crippen LogP contribution in [-0.2, 0) is 24.5 Å². The fourth-order valence-electron chi connectivity index (χ4n) is 4.70. The third-order valence-electron chi connectivity index (χ3n) is 6.55. The quantitative estimate of drug-likeness (QED) is 0.576. The molecule has 0 radical (unpaired) electrons. The molecule has 2 amide bonds. The van der Waals surface area contributed by atoms with E-state index in [1.54, 1.807) is 4.90 Å². The van der Waals surface area contributed by atoms with Crippen molar-refractivity contribution in [3.8, 4) is 0 Å². The van der Waals surface area contributed by atoms with E-state index in [9.17, 15) is 14.4 Å². The van der Waals surface area contributed by atoms with E-state index < -0.39 is 5.41 Å². The van der Waals surface area contributed by atoms with Crippen molar-refractivity contribution in [3.63, 3.8) is 0 Å². The van der Waals surface area contributed by atoms with Gasteiger partial charge in [-0.2, -0.15) is 0 Å². The van der Waals surface area contributed by atoms with Crippen LogP contribution < -0.4 is 5.32 Å². The molecule has 0 spiro atoms. The zero-order chi connectivity index (χ0) is 21.6. The molecule has 162 valence electrons. The molecule has 1 aliphatic carbocycles. The highest BCUT2D eigenvalue weighted by atomic mass is 16.5. The van der Waals surface area contributed by atoms with Gasteiger partial charge in [-0.05, 0) is 57.1 Å². The Kier molecular flexibility index (Phi) is 7.29. The second-order valence-electron chi connectivity index (χ2n) is 8.25. The first-order chi connectivity index (χ1) is 14.5. The van der Waals surface area contributed by atoms with E-state index in [1.807, 2.05) is 37.3 Å². The molecule has 1 aromatic carbocycles. The van der Waals surface area contributed by atoms with E-state index in [4.69, 9.17) is 4.74 Å². The highest BCUT2D eigenvalue weighted by Crippen LogP contribution is 2.37. The van der Waals surface area contributed by atoms with Gasteiger partial charge in [0.25, 0.3) is 0 Å². The maximum Gasteiger partial charge on any atom is 0.308 e. The van der Waals surface area contributed by atoms with Gasteiger partial charge >= 0.3 is 5.97 Å². The van der Waals surface area contributed by atoms with Gasteiger partial charge in [0.1, 0.15) is 0 Å². The van der Waals surface area contributed by atoms with Crippen LogP contribution in [0.1, 0.15) is 51.0 Å². The van der Waals surface area contributed by atoms with Crippen molar-refractivity contribution in [3.05, 3.63) is 48.6 Å². The van der Waals surface area contributed by atoms with Crippen molar-refractivity contribution in [1.82, 2.24) is 10.2 Å². The summed E-state index contributed by atoms with van der Waals surface area (Å²) in [6.45, 7) is 6.85. The number of nitrogens with zero attached hydrogens (tertiary/aromatic N) is 1. The fraction of sp³-hybridized carbons (Fsp3) is 0.542. The molecule has 1 aromatic rings. The number of amides is 2. The van der Waals surface area contributed by atoms with E-state index >= 15 is 0 Å². The summed E-state index contributed by atoms with van der Waals surface area (Å²) in [6.07, 6.45) is 5.54. The average Bonchev–Trinajstić information content (AvgIpc) is 2.79. The number of piperidine rings is 1. The molecule has 1 heterocycles. The van der Waals surface area contributed by atoms with Gasteiger partial charge in [-0.15, -0.1) is 0 Å². The number of ether oxygens (including phenoxy) is 1. The highest BCUT2D eigenvalue weighted by Gasteiger charge is 2.44. The number of rotatable bonds is 6. The number of benzene rings is 1. The van der Waals surface area contributed by atoms with Crippen LogP contribution in [0.3, 0.4) is 0 Å². The second-order valence-corrected chi connectivity index (χ2v) is 8.25. The third kappa shape index (κ3) is 4.74. The average molecular weight is 413 g/mol. The van der Waals surface area contributed by atoms with Crippen molar-refractivity contribution in [2.75, 3.05) is 19.7 Å². The minimum atomic E-state index is -0.642. The summed E-state index contributed by atoms with van der Waals surface area (Å²) in [6, 6.07) is 9.93. The topological polar surface area (TPSA) is 75.7 Å². The lowest BCUT2D eigenvalue weighted by Crippen LogP contribution is -2.54. The van der Waals surface area contributed by atoms with E-state index in [0.29, 0.717) is 32.5 Å². The lowest BCUT2D eigenvalue weighted by atomic mass is 9.71. The molecule has 2 aliphatic rings. The summed E-state index contributed by atoms with van der Waals surface area (Å²) in [5.74, 6) is -0.245. The molecule has 1 aliphatic heterocycles. The fourth-order valence-corrected chi connectivity index (χ4v) is 4.70. The standard InChI is InChI=1S/C24H32N2O4/c1-3-21(27)26-16-14-24(15-17-26,19-8-6-5-7-9-19)23(29)25-20-12-10-18(11-13-20)22(28)30-4-2/h3,5-9,18,20H,1,4,10-17H2,2H3,(H,25,29). The van der Waals surface area contributed by atoms with Crippen LogP contribution in [0.5, 0.6) is 0 Å². The molecule has 1 saturated heterocycles. The Labute approximate surface area is 178 Å². The zero-order valence-electron chi connectivity index (χ0n) is 17.8. The Morgan fingerprint density at radius 2 is 1.77 bits per heavy atom. The maximum absolute atomic E-state index is 13.5. The number of carbonyl (C=O) groups is 3. The van der Waals surface area contributed by atoms with Crippen LogP contribution in [0.4, 0.5) is 0 Å². The van der Waals surface area contributed by atoms with E-state index in [2.05, 4.69) is 11.9 Å². The van der Waals surface area contributed by atoms with Crippen molar-refractivity contribution in [2.24, 2.45) is 5.92 Å². The smallest absolute Gasteiger partial charge is 0.308 e. The van der Waals surface area contributed by atoms with Gasteiger partial charge in [0, 0.05) is 19.1 Å². The van der Waals surface area contributed by atoms with Gasteiger partial charge in [-0.1, -0.05) is 36.9 Å². The van der Waals surface area contributed by atoms with Gasteiger partial charge in [0.15, 0.2) is 0 Å². The van der Waals surface area contributed by atoms with Crippen molar-refractivity contribution in [2.45, 2.75) is 56.9 Å². The van der Waals surface area contributed by atoms with Crippen molar-refractivity contribution >= 4 is 17.8 Å². The highest BCUT2D eigenvalue weighted by molar-refractivity contribution is 5.90. The molecule has 0 bridgehead atoms. The molecule has 6 nitrogen and oxygen atoms in total. The molecular weight excluding hydrogens is 380 g/mol. The SMILES string of the molecule is C=CC(=O)N1CCC(C(=O)NC2CCC(C(=O)OCC)CC2)(c2ccccc2)CC1. The Morgan fingerprint density at radius 3 is 2.33 bits per heavy atom. The molecule has 1 saturated carbocycles. The van der Waals surface area contributed by atoms with Gasteiger partial charge in [0.2, 0.25) is 11.8 Å². The molecule has 0 atom stereocenters. The molecule has 0 unspecified atom stereocenters. The minimum absolute atomic E-state index is 0.0268. The predicted octanol–water partition coefficient (Wildman–Crippen LogP) is 2.97. The molecular formula is C24H32N2O4. The molecule has 6 heteroatoms. The van der Waals surface area contributed by atoms with Crippen LogP contribution in [0.15, 0.2) is 43.0 Å². The van der Waals surface area contributed by atoms with Crippen LogP contribution in [0.2, 0.25) is 0 Å². The van der Waals surface area contributed by atoms with Crippen LogP contribution >= 0.6 is 0 Å². The number of esters is 1. The lowest BCUT2D eigenvalue weighted by Gasteiger charge is -2.42. The molecule has 2 fully saturated rings. The maximum atomic E-state index is 13.5. The predicted molar refractivity (Wildman–Crippen MR) is 115 cm³/mol. The third-order valence-corrected chi connectivity index (χ3v) is 6.55. The van der Waals surface area contributed by atoms with E-state index in [-0.39, 0.29) is 29.7 Å². The first-order valence-corrected chi connectivity index (χ1v) is 10.9. The number of carbonyl (C=O) groups excluding carboxylic acids is 3. The summed E-state index contributed by atoms with van der Waals surface area (Å²) in [4.78, 5) is 39.3. The Morgan fingerprint density at radius 1 is 1.13 bits per heavy atom. The second kappa shape index (κ2) is 9.92. The summed E-state index contributed by atoms with van der Waals surface area (Å²) < 4.78 is 5.14. The van der Waals surface area contributed by atoms with Crippen LogP contribution in [0, 0.1) is 5.92 Å². The number of hydrogen-bond acceptors (Lipinski definition) is 4. The van der Waals surface area contributed by atoms with Gasteiger partial charge < -0.3 is 15.0 Å². The molecule has 30 heavy (non-hydrogen) atoms. The van der Waals surface area contributed by atoms with Gasteiger partial charge in [-0.25, -0.2) is 0 Å². The summed E-state index contributed by atoms with van der Waals surface area (Å²) in [5, 5.41) is 3.26. The van der Waals surface area contributed by atoms with Crippen LogP contribution in [-0.4, -0.2) is 48.4 Å². The molecule has 3 rings (SSSR count). The number of nitrogens with one attached hydrogen (secondary N) is 1. The number of likely N-dealkylation sites (tertiary alicyclic amines) is 1. The largest absolute Gasteiger partial charge is 0.466 e. The van der Waals surface area contributed by atoms with Gasteiger partial charge in [-0.3, -0.25) is 14.4 Å². The summed E-state index contributed by atoms with van der Waals surface area (Å²) in [7, 11) is 0. The monoisotopic (exact) mass is 412 g/mol. The molecule has 0 aromatic heterocycles. The van der Waals surface area contributed by atoms with Crippen molar-refractivity contribution < 1.29 is 19.1 Å². The lowest BCUT2D eigenvalue weighted by molar-refractivity contribution is -0.149. The Hall–Kier alpha value is -2.63. The summed E-state index contributed by atoms with van der Waals surface area (Å²) >= 11 is 0. The first kappa shape index (κ1) is 22.1. The van der Waals surface area contributed by atoms with E-state index in [0.717, 1.165) is 31.2 Å². The number of hydrogen-bond donors (Lipinski definition) is 1. The minimum Gasteiger partial charge on any atom is -0.466 e. The Bertz CT molecular complexity index is 761. The Balaban J connectivity index is 1.68. The first-order valence-electron chi connectivity index (χ1n) is 10.9. The van der Waals surface area contributed by atoms with E-state index in [1.165, 1.54) is 6.08 Å². The summed E-state index contributed by atoms with van der Waals surface area (Å²) in [5.41, 5.74) is 0.352.